The lowest BCUT2D eigenvalue weighted by molar-refractivity contribution is -0.146. The number of thiazole rings is 1. The SMILES string of the molecule is COCC1(C(=O)N(C)Cc2cscn2)CCNCC1. The van der Waals surface area contributed by atoms with Crippen LogP contribution in [0.3, 0.4) is 0 Å². The molecule has 6 heteroatoms. The van der Waals surface area contributed by atoms with E-state index in [1.807, 2.05) is 12.4 Å². The molecular weight excluding hydrogens is 262 g/mol. The summed E-state index contributed by atoms with van der Waals surface area (Å²) in [4.78, 5) is 18.7. The Morgan fingerprint density at radius 3 is 2.89 bits per heavy atom. The van der Waals surface area contributed by atoms with Crippen molar-refractivity contribution in [2.45, 2.75) is 19.4 Å². The number of ether oxygens (including phenoxy) is 1. The van der Waals surface area contributed by atoms with Crippen LogP contribution >= 0.6 is 11.3 Å². The summed E-state index contributed by atoms with van der Waals surface area (Å²) in [6.45, 7) is 2.81. The van der Waals surface area contributed by atoms with Crippen LogP contribution in [0.5, 0.6) is 0 Å². The Hall–Kier alpha value is -0.980. The third-order valence-corrected chi connectivity index (χ3v) is 4.30. The van der Waals surface area contributed by atoms with Gasteiger partial charge in [-0.25, -0.2) is 4.98 Å². The molecule has 0 bridgehead atoms. The molecule has 2 rings (SSSR count). The van der Waals surface area contributed by atoms with Gasteiger partial charge in [0.15, 0.2) is 0 Å². The van der Waals surface area contributed by atoms with Gasteiger partial charge >= 0.3 is 0 Å². The number of carbonyl (C=O) groups excluding carboxylic acids is 1. The number of hydrogen-bond donors (Lipinski definition) is 1. The highest BCUT2D eigenvalue weighted by molar-refractivity contribution is 7.07. The summed E-state index contributed by atoms with van der Waals surface area (Å²) in [5, 5.41) is 5.28. The van der Waals surface area contributed by atoms with E-state index >= 15 is 0 Å². The molecule has 0 unspecified atom stereocenters. The summed E-state index contributed by atoms with van der Waals surface area (Å²) >= 11 is 1.55. The average molecular weight is 283 g/mol. The number of nitrogens with zero attached hydrogens (tertiary/aromatic N) is 2. The van der Waals surface area contributed by atoms with E-state index in [0.29, 0.717) is 13.2 Å². The van der Waals surface area contributed by atoms with E-state index in [4.69, 9.17) is 4.74 Å². The van der Waals surface area contributed by atoms with Gasteiger partial charge in [0.05, 0.1) is 29.8 Å². The molecule has 1 aliphatic rings. The molecule has 1 saturated heterocycles. The third-order valence-electron chi connectivity index (χ3n) is 3.66. The zero-order chi connectivity index (χ0) is 13.7. The lowest BCUT2D eigenvalue weighted by Gasteiger charge is -2.38. The highest BCUT2D eigenvalue weighted by Gasteiger charge is 2.41. The molecule has 5 nitrogen and oxygen atoms in total. The predicted octanol–water partition coefficient (Wildman–Crippen LogP) is 1.12. The summed E-state index contributed by atoms with van der Waals surface area (Å²) in [5.74, 6) is 0.170. The van der Waals surface area contributed by atoms with Crippen molar-refractivity contribution in [3.8, 4) is 0 Å². The van der Waals surface area contributed by atoms with Gasteiger partial charge in [-0.05, 0) is 25.9 Å². The molecule has 106 valence electrons. The quantitative estimate of drug-likeness (QED) is 0.880. The molecule has 0 atom stereocenters. The van der Waals surface area contributed by atoms with Gasteiger partial charge in [0.2, 0.25) is 5.91 Å². The molecule has 0 spiro atoms. The van der Waals surface area contributed by atoms with Crippen LogP contribution in [-0.4, -0.2) is 49.6 Å². The number of aromatic nitrogens is 1. The lowest BCUT2D eigenvalue weighted by Crippen LogP contribution is -2.50. The maximum atomic E-state index is 12.7. The van der Waals surface area contributed by atoms with Crippen molar-refractivity contribution in [1.82, 2.24) is 15.2 Å². The van der Waals surface area contributed by atoms with Crippen molar-refractivity contribution in [2.75, 3.05) is 33.9 Å². The molecule has 1 N–H and O–H groups in total. The first-order chi connectivity index (χ1) is 9.18. The Labute approximate surface area is 118 Å². The van der Waals surface area contributed by atoms with Crippen molar-refractivity contribution in [3.05, 3.63) is 16.6 Å². The number of carbonyl (C=O) groups is 1. The van der Waals surface area contributed by atoms with E-state index in [0.717, 1.165) is 31.6 Å². The van der Waals surface area contributed by atoms with Gasteiger partial charge in [0.25, 0.3) is 0 Å². The summed E-state index contributed by atoms with van der Waals surface area (Å²) in [5.41, 5.74) is 2.37. The van der Waals surface area contributed by atoms with Crippen LogP contribution in [0.2, 0.25) is 0 Å². The van der Waals surface area contributed by atoms with E-state index in [1.54, 1.807) is 28.9 Å². The van der Waals surface area contributed by atoms with Crippen LogP contribution in [0.25, 0.3) is 0 Å². The maximum absolute atomic E-state index is 12.7. The number of amides is 1. The first-order valence-corrected chi connectivity index (χ1v) is 7.44. The zero-order valence-electron chi connectivity index (χ0n) is 11.5. The summed E-state index contributed by atoms with van der Waals surface area (Å²) in [7, 11) is 3.51. The first-order valence-electron chi connectivity index (χ1n) is 6.50. The Bertz CT molecular complexity index is 397. The highest BCUT2D eigenvalue weighted by atomic mass is 32.1. The second-order valence-electron chi connectivity index (χ2n) is 5.10. The van der Waals surface area contributed by atoms with Crippen LogP contribution in [-0.2, 0) is 16.1 Å². The Morgan fingerprint density at radius 2 is 2.32 bits per heavy atom. The van der Waals surface area contributed by atoms with Crippen LogP contribution in [0, 0.1) is 5.41 Å². The largest absolute Gasteiger partial charge is 0.384 e. The van der Waals surface area contributed by atoms with E-state index in [2.05, 4.69) is 10.3 Å². The Kier molecular flexibility index (Phi) is 4.90. The van der Waals surface area contributed by atoms with Crippen molar-refractivity contribution in [3.63, 3.8) is 0 Å². The van der Waals surface area contributed by atoms with Gasteiger partial charge in [0.1, 0.15) is 0 Å². The van der Waals surface area contributed by atoms with E-state index in [9.17, 15) is 4.79 Å². The number of hydrogen-bond acceptors (Lipinski definition) is 5. The van der Waals surface area contributed by atoms with Gasteiger partial charge in [0, 0.05) is 19.5 Å². The molecule has 1 fully saturated rings. The second-order valence-corrected chi connectivity index (χ2v) is 5.82. The Morgan fingerprint density at radius 1 is 1.58 bits per heavy atom. The lowest BCUT2D eigenvalue weighted by atomic mass is 9.78. The fourth-order valence-corrected chi connectivity index (χ4v) is 3.19. The molecule has 2 heterocycles. The monoisotopic (exact) mass is 283 g/mol. The predicted molar refractivity (Wildman–Crippen MR) is 75.0 cm³/mol. The van der Waals surface area contributed by atoms with Gasteiger partial charge in [-0.3, -0.25) is 4.79 Å². The van der Waals surface area contributed by atoms with E-state index in [-0.39, 0.29) is 11.3 Å². The summed E-state index contributed by atoms with van der Waals surface area (Å²) < 4.78 is 5.30. The minimum Gasteiger partial charge on any atom is -0.384 e. The molecule has 1 aromatic rings. The van der Waals surface area contributed by atoms with Gasteiger partial charge < -0.3 is 15.0 Å². The minimum absolute atomic E-state index is 0.170. The zero-order valence-corrected chi connectivity index (χ0v) is 12.3. The van der Waals surface area contributed by atoms with E-state index in [1.165, 1.54) is 0 Å². The summed E-state index contributed by atoms with van der Waals surface area (Å²) in [6, 6.07) is 0. The van der Waals surface area contributed by atoms with Gasteiger partial charge in [-0.2, -0.15) is 0 Å². The summed E-state index contributed by atoms with van der Waals surface area (Å²) in [6.07, 6.45) is 1.67. The molecule has 1 aromatic heterocycles. The number of nitrogens with one attached hydrogen (secondary N) is 1. The number of rotatable bonds is 5. The van der Waals surface area contributed by atoms with Crippen LogP contribution in [0.4, 0.5) is 0 Å². The van der Waals surface area contributed by atoms with Crippen LogP contribution < -0.4 is 5.32 Å². The molecule has 1 aliphatic heterocycles. The second kappa shape index (κ2) is 6.45. The molecule has 0 aromatic carbocycles. The topological polar surface area (TPSA) is 54.5 Å². The third kappa shape index (κ3) is 3.32. The van der Waals surface area contributed by atoms with Crippen molar-refractivity contribution in [1.29, 1.82) is 0 Å². The van der Waals surface area contributed by atoms with Crippen molar-refractivity contribution in [2.24, 2.45) is 5.41 Å². The molecule has 0 radical (unpaired) electrons. The number of piperidine rings is 1. The minimum atomic E-state index is -0.370. The molecular formula is C13H21N3O2S. The van der Waals surface area contributed by atoms with Crippen molar-refractivity contribution < 1.29 is 9.53 Å². The van der Waals surface area contributed by atoms with Crippen molar-refractivity contribution >= 4 is 17.2 Å². The van der Waals surface area contributed by atoms with Crippen LogP contribution in [0.1, 0.15) is 18.5 Å². The molecule has 0 saturated carbocycles. The molecule has 19 heavy (non-hydrogen) atoms. The fourth-order valence-electron chi connectivity index (χ4n) is 2.64. The maximum Gasteiger partial charge on any atom is 0.231 e. The highest BCUT2D eigenvalue weighted by Crippen LogP contribution is 2.31. The average Bonchev–Trinajstić information content (AvgIpc) is 2.92. The Balaban J connectivity index is 2.05. The van der Waals surface area contributed by atoms with Gasteiger partial charge in [-0.1, -0.05) is 0 Å². The molecule has 1 amide bonds. The van der Waals surface area contributed by atoms with Gasteiger partial charge in [-0.15, -0.1) is 11.3 Å². The van der Waals surface area contributed by atoms with Crippen LogP contribution in [0.15, 0.2) is 10.9 Å². The normalized spacial score (nSPS) is 18.2. The smallest absolute Gasteiger partial charge is 0.231 e. The first kappa shape index (κ1) is 14.4. The van der Waals surface area contributed by atoms with E-state index < -0.39 is 0 Å². The number of methoxy groups -OCH3 is 1. The fraction of sp³-hybridized carbons (Fsp3) is 0.692. The standard InChI is InChI=1S/C13H21N3O2S/c1-16(7-11-8-19-10-15-11)12(17)13(9-18-2)3-5-14-6-4-13/h8,10,14H,3-7,9H2,1-2H3. The molecule has 0 aliphatic carbocycles.